The van der Waals surface area contributed by atoms with Crippen molar-refractivity contribution in [3.63, 3.8) is 0 Å². The number of hydrogen-bond acceptors (Lipinski definition) is 10. The molecule has 65 heavy (non-hydrogen) atoms. The average molecular weight is 888 g/mol. The fourth-order valence-corrected chi connectivity index (χ4v) is 9.83. The Labute approximate surface area is 379 Å². The van der Waals surface area contributed by atoms with Crippen LogP contribution in [0.2, 0.25) is 0 Å². The number of oxime groups is 1. The van der Waals surface area contributed by atoms with Crippen LogP contribution in [0.4, 0.5) is 10.1 Å². The molecule has 1 fully saturated rings. The first-order valence-electron chi connectivity index (χ1n) is 22.3. The second-order valence-electron chi connectivity index (χ2n) is 17.1. The van der Waals surface area contributed by atoms with Crippen LogP contribution in [0.1, 0.15) is 78.7 Å². The first-order chi connectivity index (χ1) is 31.5. The molecule has 0 saturated heterocycles. The maximum absolute atomic E-state index is 15.0. The highest BCUT2D eigenvalue weighted by atomic mass is 19.1. The molecule has 1 saturated carbocycles. The minimum absolute atomic E-state index is 0.00829. The van der Waals surface area contributed by atoms with Crippen LogP contribution in [0.3, 0.4) is 0 Å². The molecule has 3 aliphatic rings. The average Bonchev–Trinajstić information content (AvgIpc) is 3.30. The Balaban J connectivity index is 1.43. The van der Waals surface area contributed by atoms with Crippen molar-refractivity contribution in [2.24, 2.45) is 22.9 Å². The molecule has 7 rings (SSSR count). The molecule has 1 amide bonds. The minimum Gasteiger partial charge on any atom is -0.459 e. The topological polar surface area (TPSA) is 153 Å². The number of nitro groups is 1. The highest BCUT2D eigenvalue weighted by Gasteiger charge is 2.65. The summed E-state index contributed by atoms with van der Waals surface area (Å²) in [6.07, 6.45) is 11.5. The van der Waals surface area contributed by atoms with Gasteiger partial charge in [-0.1, -0.05) is 48.3 Å². The molecule has 1 aliphatic heterocycles. The van der Waals surface area contributed by atoms with Gasteiger partial charge in [-0.2, -0.15) is 0 Å². The van der Waals surface area contributed by atoms with Gasteiger partial charge in [0.2, 0.25) is 11.7 Å². The Morgan fingerprint density at radius 1 is 0.969 bits per heavy atom. The number of aryl methyl sites for hydroxylation is 2. The standard InChI is InChI=1S/C52H58FN3O9/c1-5-28-63-52-48(55(33-37-13-18-39(53)19-14-37)49(59)25-17-36-15-20-40(21-16-36)56(60)61)32-46(54-62-4)44-30-38(10-6-8-26-57)43(11-7-9-27-58)50(51(44)52)45-31-42(23-24-47(45)65-52)64-41-22-12-34(2)35(3)29-41/h5,12-25,29-31,38,43,48,50-51,57-58H,1,6-11,26-28,32-33H2,2-4H3. The highest BCUT2D eigenvalue weighted by molar-refractivity contribution is 6.03. The van der Waals surface area contributed by atoms with Gasteiger partial charge in [-0.05, 0) is 140 Å². The molecular weight excluding hydrogens is 830 g/mol. The van der Waals surface area contributed by atoms with E-state index in [2.05, 4.69) is 24.7 Å². The summed E-state index contributed by atoms with van der Waals surface area (Å²) < 4.78 is 35.3. The number of nitrogens with zero attached hydrogens (tertiary/aromatic N) is 3. The molecule has 0 bridgehead atoms. The number of fused-ring (bicyclic) bond motifs is 2. The van der Waals surface area contributed by atoms with Crippen molar-refractivity contribution in [3.05, 3.63) is 159 Å². The molecule has 12 nitrogen and oxygen atoms in total. The van der Waals surface area contributed by atoms with Gasteiger partial charge < -0.3 is 34.2 Å². The van der Waals surface area contributed by atoms with Gasteiger partial charge in [0.05, 0.1) is 23.2 Å². The van der Waals surface area contributed by atoms with Gasteiger partial charge in [0.15, 0.2) is 0 Å². The number of aliphatic hydroxyl groups excluding tert-OH is 2. The normalized spacial score (nSPS) is 22.6. The SMILES string of the molecule is C=CCOC12Oc3ccc(Oc4ccc(C)c(C)c4)cc3C3C(CCCCO)C(CCCCO)C=C(C(=NOC)CC1N(Cc1ccc(F)cc1)C(=O)C=Cc1ccc([N+](=O)[O-])cc1)C32. The summed E-state index contributed by atoms with van der Waals surface area (Å²) in [4.78, 5) is 33.2. The number of ether oxygens (including phenoxy) is 3. The van der Waals surface area contributed by atoms with Crippen molar-refractivity contribution in [3.8, 4) is 17.2 Å². The molecule has 342 valence electrons. The lowest BCUT2D eigenvalue weighted by atomic mass is 9.55. The van der Waals surface area contributed by atoms with E-state index in [0.717, 1.165) is 47.9 Å². The molecule has 0 aromatic heterocycles. The van der Waals surface area contributed by atoms with E-state index in [-0.39, 0.29) is 56.2 Å². The summed E-state index contributed by atoms with van der Waals surface area (Å²) in [6, 6.07) is 22.8. The molecule has 1 heterocycles. The number of halogens is 1. The van der Waals surface area contributed by atoms with Gasteiger partial charge in [-0.25, -0.2) is 4.39 Å². The van der Waals surface area contributed by atoms with Gasteiger partial charge >= 0.3 is 0 Å². The Hall–Kier alpha value is -6.15. The lowest BCUT2D eigenvalue weighted by molar-refractivity contribution is -0.384. The summed E-state index contributed by atoms with van der Waals surface area (Å²) in [5, 5.41) is 35.9. The van der Waals surface area contributed by atoms with Crippen LogP contribution in [-0.2, 0) is 20.9 Å². The second kappa shape index (κ2) is 21.2. The van der Waals surface area contributed by atoms with E-state index in [1.165, 1.54) is 37.5 Å². The molecule has 13 heteroatoms. The Morgan fingerprint density at radius 3 is 2.35 bits per heavy atom. The Morgan fingerprint density at radius 2 is 1.68 bits per heavy atom. The maximum atomic E-state index is 15.0. The fraction of sp³-hybridized carbons (Fsp3) is 0.385. The lowest BCUT2D eigenvalue weighted by Crippen LogP contribution is -2.70. The van der Waals surface area contributed by atoms with Gasteiger partial charge in [-0.3, -0.25) is 14.9 Å². The first kappa shape index (κ1) is 46.8. The van der Waals surface area contributed by atoms with Gasteiger partial charge in [0, 0.05) is 55.9 Å². The molecule has 4 aromatic rings. The molecular formula is C52H58FN3O9. The molecule has 0 radical (unpaired) electrons. The zero-order chi connectivity index (χ0) is 46.1. The predicted molar refractivity (Wildman–Crippen MR) is 247 cm³/mol. The molecule has 2 aliphatic carbocycles. The summed E-state index contributed by atoms with van der Waals surface area (Å²) in [5.41, 5.74) is 5.83. The number of aliphatic hydroxyl groups is 2. The van der Waals surface area contributed by atoms with Crippen LogP contribution in [0.15, 0.2) is 120 Å². The van der Waals surface area contributed by atoms with Crippen molar-refractivity contribution in [1.82, 2.24) is 4.90 Å². The van der Waals surface area contributed by atoms with Crippen LogP contribution in [0.25, 0.3) is 6.08 Å². The number of benzene rings is 4. The van der Waals surface area contributed by atoms with E-state index in [1.54, 1.807) is 41.3 Å². The third-order valence-corrected chi connectivity index (χ3v) is 13.0. The van der Waals surface area contributed by atoms with E-state index in [4.69, 9.17) is 19.0 Å². The summed E-state index contributed by atoms with van der Waals surface area (Å²) in [6.45, 7) is 8.35. The highest BCUT2D eigenvalue weighted by Crippen LogP contribution is 2.62. The number of nitro benzene ring substituents is 1. The number of rotatable bonds is 20. The maximum Gasteiger partial charge on any atom is 0.269 e. The molecule has 6 unspecified atom stereocenters. The van der Waals surface area contributed by atoms with Crippen molar-refractivity contribution in [1.29, 1.82) is 0 Å². The van der Waals surface area contributed by atoms with Crippen LogP contribution < -0.4 is 9.47 Å². The number of unbranched alkanes of at least 4 members (excludes halogenated alkanes) is 2. The van der Waals surface area contributed by atoms with Gasteiger partial charge in [0.25, 0.3) is 5.69 Å². The molecule has 4 aromatic carbocycles. The first-order valence-corrected chi connectivity index (χ1v) is 22.3. The van der Waals surface area contributed by atoms with Gasteiger partial charge in [0.1, 0.15) is 36.2 Å². The number of hydrogen-bond donors (Lipinski definition) is 2. The van der Waals surface area contributed by atoms with E-state index >= 15 is 0 Å². The van der Waals surface area contributed by atoms with Crippen LogP contribution >= 0.6 is 0 Å². The third kappa shape index (κ3) is 10.4. The van der Waals surface area contributed by atoms with Crippen molar-refractivity contribution < 1.29 is 43.4 Å². The van der Waals surface area contributed by atoms with E-state index in [1.807, 2.05) is 43.3 Å². The largest absolute Gasteiger partial charge is 0.459 e. The van der Waals surface area contributed by atoms with E-state index < -0.39 is 34.4 Å². The molecule has 2 N–H and O–H groups in total. The van der Waals surface area contributed by atoms with E-state index in [0.29, 0.717) is 46.9 Å². The number of carbonyl (C=O) groups excluding carboxylic acids is 1. The smallest absolute Gasteiger partial charge is 0.269 e. The Bertz CT molecular complexity index is 2420. The molecule has 6 atom stereocenters. The van der Waals surface area contributed by atoms with Crippen molar-refractivity contribution in [2.75, 3.05) is 26.9 Å². The molecule has 0 spiro atoms. The third-order valence-electron chi connectivity index (χ3n) is 13.0. The fourth-order valence-electron chi connectivity index (χ4n) is 9.83. The van der Waals surface area contributed by atoms with Crippen molar-refractivity contribution >= 4 is 23.4 Å². The van der Waals surface area contributed by atoms with Crippen LogP contribution in [-0.4, -0.2) is 70.4 Å². The number of non-ortho nitro benzene ring substituents is 1. The number of amides is 1. The monoisotopic (exact) mass is 887 g/mol. The Kier molecular flexibility index (Phi) is 15.3. The quantitative estimate of drug-likeness (QED) is 0.0290. The van der Waals surface area contributed by atoms with Crippen LogP contribution in [0, 0.1) is 47.5 Å². The minimum atomic E-state index is -1.54. The van der Waals surface area contributed by atoms with Crippen LogP contribution in [0.5, 0.6) is 17.2 Å². The summed E-state index contributed by atoms with van der Waals surface area (Å²) in [7, 11) is 1.49. The summed E-state index contributed by atoms with van der Waals surface area (Å²) >= 11 is 0. The number of allylic oxidation sites excluding steroid dienone is 1. The second-order valence-corrected chi connectivity index (χ2v) is 17.1. The summed E-state index contributed by atoms with van der Waals surface area (Å²) in [5.74, 6) is -1.30. The lowest BCUT2D eigenvalue weighted by Gasteiger charge is -2.60. The number of carbonyl (C=O) groups is 1. The predicted octanol–water partition coefficient (Wildman–Crippen LogP) is 10.1. The van der Waals surface area contributed by atoms with E-state index in [9.17, 15) is 29.5 Å². The zero-order valence-electron chi connectivity index (χ0n) is 37.2. The van der Waals surface area contributed by atoms with Crippen molar-refractivity contribution in [2.45, 2.75) is 83.1 Å². The van der Waals surface area contributed by atoms with Gasteiger partial charge in [-0.15, -0.1) is 6.58 Å². The zero-order valence-corrected chi connectivity index (χ0v) is 37.2.